The predicted octanol–water partition coefficient (Wildman–Crippen LogP) is 1.56. The van der Waals surface area contributed by atoms with Crippen molar-refractivity contribution in [2.24, 2.45) is 23.5 Å². The van der Waals surface area contributed by atoms with Crippen molar-refractivity contribution in [3.8, 4) is 0 Å². The first-order valence-corrected chi connectivity index (χ1v) is 5.50. The summed E-state index contributed by atoms with van der Waals surface area (Å²) in [7, 11) is 2.21. The van der Waals surface area contributed by atoms with Gasteiger partial charge in [0.25, 0.3) is 0 Å². The molecule has 13 heavy (non-hydrogen) atoms. The Labute approximate surface area is 82.5 Å². The molecule has 0 aromatic heterocycles. The number of piperidine rings is 1. The summed E-state index contributed by atoms with van der Waals surface area (Å²) in [6.45, 7) is 9.21. The first-order chi connectivity index (χ1) is 6.06. The molecular weight excluding hydrogens is 160 g/mol. The maximum Gasteiger partial charge on any atom is 0.0120 e. The number of hydrogen-bond donors (Lipinski definition) is 1. The van der Waals surface area contributed by atoms with Crippen LogP contribution in [0.3, 0.4) is 0 Å². The third-order valence-corrected chi connectivity index (χ3v) is 3.65. The summed E-state index contributed by atoms with van der Waals surface area (Å²) in [4.78, 5) is 2.42. The van der Waals surface area contributed by atoms with Crippen molar-refractivity contribution in [1.29, 1.82) is 0 Å². The van der Waals surface area contributed by atoms with Crippen molar-refractivity contribution in [2.45, 2.75) is 33.2 Å². The highest BCUT2D eigenvalue weighted by Gasteiger charge is 2.32. The second-order valence-corrected chi connectivity index (χ2v) is 4.83. The van der Waals surface area contributed by atoms with Gasteiger partial charge in [0.15, 0.2) is 0 Å². The molecule has 0 saturated carbocycles. The van der Waals surface area contributed by atoms with Crippen molar-refractivity contribution in [3.05, 3.63) is 0 Å². The van der Waals surface area contributed by atoms with Gasteiger partial charge in [-0.3, -0.25) is 0 Å². The van der Waals surface area contributed by atoms with Crippen LogP contribution in [0.2, 0.25) is 0 Å². The first-order valence-electron chi connectivity index (χ1n) is 5.50. The van der Waals surface area contributed by atoms with Gasteiger partial charge in [0.2, 0.25) is 0 Å². The zero-order valence-corrected chi connectivity index (χ0v) is 9.46. The van der Waals surface area contributed by atoms with Crippen molar-refractivity contribution in [1.82, 2.24) is 4.90 Å². The van der Waals surface area contributed by atoms with Gasteiger partial charge in [0.05, 0.1) is 0 Å². The van der Waals surface area contributed by atoms with E-state index in [1.807, 2.05) is 0 Å². The lowest BCUT2D eigenvalue weighted by molar-refractivity contribution is 0.0984. The predicted molar refractivity (Wildman–Crippen MR) is 57.6 cm³/mol. The Balaban J connectivity index is 2.60. The van der Waals surface area contributed by atoms with Crippen molar-refractivity contribution in [2.75, 3.05) is 20.1 Å². The number of nitrogens with two attached hydrogens (primary N) is 1. The van der Waals surface area contributed by atoms with Crippen LogP contribution < -0.4 is 5.73 Å². The van der Waals surface area contributed by atoms with Gasteiger partial charge in [-0.2, -0.15) is 0 Å². The molecule has 0 radical (unpaired) electrons. The zero-order valence-electron chi connectivity index (χ0n) is 9.46. The van der Waals surface area contributed by atoms with Gasteiger partial charge >= 0.3 is 0 Å². The molecule has 1 aliphatic rings. The average molecular weight is 184 g/mol. The summed E-state index contributed by atoms with van der Waals surface area (Å²) in [6, 6.07) is 0.408. The summed E-state index contributed by atoms with van der Waals surface area (Å²) in [5.41, 5.74) is 6.23. The van der Waals surface area contributed by atoms with Crippen LogP contribution in [0.5, 0.6) is 0 Å². The normalized spacial score (nSPS) is 39.0. The quantitative estimate of drug-likeness (QED) is 0.705. The Hall–Kier alpha value is -0.0800. The molecule has 0 aromatic rings. The second kappa shape index (κ2) is 4.43. The van der Waals surface area contributed by atoms with Gasteiger partial charge in [0.1, 0.15) is 0 Å². The highest BCUT2D eigenvalue weighted by atomic mass is 15.1. The molecule has 0 amide bonds. The van der Waals surface area contributed by atoms with Gasteiger partial charge in [-0.05, 0) is 24.8 Å². The van der Waals surface area contributed by atoms with Gasteiger partial charge in [-0.25, -0.2) is 0 Å². The highest BCUT2D eigenvalue weighted by Crippen LogP contribution is 2.27. The third-order valence-electron chi connectivity index (χ3n) is 3.65. The van der Waals surface area contributed by atoms with E-state index in [-0.39, 0.29) is 0 Å². The minimum atomic E-state index is 0.408. The molecule has 4 atom stereocenters. The zero-order chi connectivity index (χ0) is 10.0. The van der Waals surface area contributed by atoms with Crippen LogP contribution in [0, 0.1) is 17.8 Å². The van der Waals surface area contributed by atoms with Crippen LogP contribution in [0.4, 0.5) is 0 Å². The fraction of sp³-hybridized carbons (Fsp3) is 1.00. The van der Waals surface area contributed by atoms with E-state index in [9.17, 15) is 0 Å². The summed E-state index contributed by atoms with van der Waals surface area (Å²) < 4.78 is 0. The molecule has 1 rings (SSSR count). The van der Waals surface area contributed by atoms with Crippen LogP contribution in [0.15, 0.2) is 0 Å². The molecule has 0 aliphatic carbocycles. The molecule has 0 spiro atoms. The molecule has 1 saturated heterocycles. The van der Waals surface area contributed by atoms with E-state index in [4.69, 9.17) is 5.73 Å². The van der Waals surface area contributed by atoms with E-state index in [0.717, 1.165) is 12.5 Å². The third kappa shape index (κ3) is 2.44. The van der Waals surface area contributed by atoms with E-state index in [1.54, 1.807) is 0 Å². The molecule has 2 nitrogen and oxygen atoms in total. The van der Waals surface area contributed by atoms with Crippen LogP contribution in [0.25, 0.3) is 0 Å². The van der Waals surface area contributed by atoms with Crippen LogP contribution in [-0.4, -0.2) is 31.1 Å². The monoisotopic (exact) mass is 184 g/mol. The fourth-order valence-corrected chi connectivity index (χ4v) is 2.45. The number of rotatable bonds is 2. The number of likely N-dealkylation sites (tertiary alicyclic amines) is 1. The van der Waals surface area contributed by atoms with Crippen molar-refractivity contribution < 1.29 is 0 Å². The van der Waals surface area contributed by atoms with E-state index in [2.05, 4.69) is 32.7 Å². The van der Waals surface area contributed by atoms with E-state index >= 15 is 0 Å². The standard InChI is InChI=1S/C11H24N2/c1-5-8(2)10-7-13(4)6-9(3)11(10)12/h8-11H,5-7,12H2,1-4H3. The lowest BCUT2D eigenvalue weighted by Crippen LogP contribution is -2.53. The minimum absolute atomic E-state index is 0.408. The number of nitrogens with zero attached hydrogens (tertiary/aromatic N) is 1. The Morgan fingerprint density at radius 1 is 1.46 bits per heavy atom. The molecule has 4 unspecified atom stereocenters. The first kappa shape index (κ1) is 11.0. The van der Waals surface area contributed by atoms with Crippen LogP contribution in [-0.2, 0) is 0 Å². The Bertz CT molecular complexity index is 158. The molecule has 78 valence electrons. The molecule has 2 heteroatoms. The SMILES string of the molecule is CCC(C)C1CN(C)CC(C)C1N. The van der Waals surface area contributed by atoms with Gasteiger partial charge in [-0.1, -0.05) is 27.2 Å². The van der Waals surface area contributed by atoms with Gasteiger partial charge in [-0.15, -0.1) is 0 Å². The average Bonchev–Trinajstić information content (AvgIpc) is 2.10. The molecule has 1 fully saturated rings. The van der Waals surface area contributed by atoms with Crippen LogP contribution in [0.1, 0.15) is 27.2 Å². The van der Waals surface area contributed by atoms with Gasteiger partial charge in [0, 0.05) is 19.1 Å². The van der Waals surface area contributed by atoms with Crippen molar-refractivity contribution in [3.63, 3.8) is 0 Å². The summed E-state index contributed by atoms with van der Waals surface area (Å²) in [6.07, 6.45) is 1.25. The van der Waals surface area contributed by atoms with Gasteiger partial charge < -0.3 is 10.6 Å². The lowest BCUT2D eigenvalue weighted by Gasteiger charge is -2.42. The van der Waals surface area contributed by atoms with E-state index < -0.39 is 0 Å². The summed E-state index contributed by atoms with van der Waals surface area (Å²) >= 11 is 0. The minimum Gasteiger partial charge on any atom is -0.327 e. The Morgan fingerprint density at radius 2 is 2.08 bits per heavy atom. The van der Waals surface area contributed by atoms with E-state index in [1.165, 1.54) is 13.0 Å². The Morgan fingerprint density at radius 3 is 2.62 bits per heavy atom. The maximum atomic E-state index is 6.23. The molecule has 1 heterocycles. The van der Waals surface area contributed by atoms with E-state index in [0.29, 0.717) is 17.9 Å². The summed E-state index contributed by atoms with van der Waals surface area (Å²) in [5.74, 6) is 2.11. The second-order valence-electron chi connectivity index (χ2n) is 4.83. The lowest BCUT2D eigenvalue weighted by atomic mass is 9.77. The smallest absolute Gasteiger partial charge is 0.0120 e. The largest absolute Gasteiger partial charge is 0.327 e. The highest BCUT2D eigenvalue weighted by molar-refractivity contribution is 4.88. The molecular formula is C11H24N2. The molecule has 0 aromatic carbocycles. The number of hydrogen-bond acceptors (Lipinski definition) is 2. The molecule has 0 bridgehead atoms. The molecule has 2 N–H and O–H groups in total. The fourth-order valence-electron chi connectivity index (χ4n) is 2.45. The Kier molecular flexibility index (Phi) is 3.74. The molecule has 1 aliphatic heterocycles. The van der Waals surface area contributed by atoms with Crippen LogP contribution >= 0.6 is 0 Å². The topological polar surface area (TPSA) is 29.3 Å². The maximum absolute atomic E-state index is 6.23. The van der Waals surface area contributed by atoms with Crippen molar-refractivity contribution >= 4 is 0 Å². The summed E-state index contributed by atoms with van der Waals surface area (Å²) in [5, 5.41) is 0.